The van der Waals surface area contributed by atoms with Gasteiger partial charge >= 0.3 is 5.97 Å². The van der Waals surface area contributed by atoms with Crippen LogP contribution >= 0.6 is 0 Å². The second-order valence-electron chi connectivity index (χ2n) is 6.27. The molecule has 1 fully saturated rings. The lowest BCUT2D eigenvalue weighted by Gasteiger charge is -2.49. The SMILES string of the molecule is CC=CC(=O)OC1(C#N)CC(C)(C)NC(C)(C)C1. The van der Waals surface area contributed by atoms with Gasteiger partial charge in [0.1, 0.15) is 6.07 Å². The van der Waals surface area contributed by atoms with Gasteiger partial charge < -0.3 is 10.1 Å². The second-order valence-corrected chi connectivity index (χ2v) is 6.27. The molecule has 1 aliphatic heterocycles. The third kappa shape index (κ3) is 3.58. The molecule has 4 heteroatoms. The summed E-state index contributed by atoms with van der Waals surface area (Å²) >= 11 is 0. The minimum absolute atomic E-state index is 0.242. The number of hydrogen-bond acceptors (Lipinski definition) is 4. The molecule has 0 aromatic heterocycles. The van der Waals surface area contributed by atoms with E-state index in [0.29, 0.717) is 12.8 Å². The number of nitrogens with one attached hydrogen (secondary N) is 1. The molecule has 18 heavy (non-hydrogen) atoms. The van der Waals surface area contributed by atoms with Crippen LogP contribution in [0.4, 0.5) is 0 Å². The summed E-state index contributed by atoms with van der Waals surface area (Å²) in [5, 5.41) is 12.9. The molecule has 1 rings (SSSR count). The summed E-state index contributed by atoms with van der Waals surface area (Å²) < 4.78 is 5.41. The minimum atomic E-state index is -1.05. The Morgan fingerprint density at radius 1 is 1.28 bits per heavy atom. The van der Waals surface area contributed by atoms with Crippen LogP contribution in [-0.2, 0) is 9.53 Å². The standard InChI is InChI=1S/C14H22N2O2/c1-6-7-11(17)18-14(10-15)8-12(2,3)16-13(4,5)9-14/h6-7,16H,8-9H2,1-5H3. The van der Waals surface area contributed by atoms with Crippen LogP contribution < -0.4 is 5.32 Å². The molecule has 0 saturated carbocycles. The van der Waals surface area contributed by atoms with E-state index in [0.717, 1.165) is 0 Å². The maximum Gasteiger partial charge on any atom is 0.332 e. The fourth-order valence-electron chi connectivity index (χ4n) is 3.03. The van der Waals surface area contributed by atoms with E-state index in [9.17, 15) is 10.1 Å². The Morgan fingerprint density at radius 2 is 1.78 bits per heavy atom. The van der Waals surface area contributed by atoms with Crippen molar-refractivity contribution < 1.29 is 9.53 Å². The highest BCUT2D eigenvalue weighted by Gasteiger charge is 2.49. The number of carbonyl (C=O) groups is 1. The van der Waals surface area contributed by atoms with E-state index >= 15 is 0 Å². The third-order valence-corrected chi connectivity index (χ3v) is 2.93. The van der Waals surface area contributed by atoms with Crippen molar-refractivity contribution in [1.29, 1.82) is 5.26 Å². The maximum atomic E-state index is 11.6. The Bertz CT molecular complexity index is 387. The van der Waals surface area contributed by atoms with Crippen LogP contribution in [0, 0.1) is 11.3 Å². The second kappa shape index (κ2) is 4.74. The van der Waals surface area contributed by atoms with Crippen molar-refractivity contribution in [3.8, 4) is 6.07 Å². The van der Waals surface area contributed by atoms with Gasteiger partial charge in [0, 0.05) is 30.0 Å². The van der Waals surface area contributed by atoms with Gasteiger partial charge in [0.05, 0.1) is 0 Å². The molecule has 1 N–H and O–H groups in total. The number of rotatable bonds is 2. The summed E-state index contributed by atoms with van der Waals surface area (Å²) in [6.07, 6.45) is 3.94. The number of carbonyl (C=O) groups excluding carboxylic acids is 1. The Hall–Kier alpha value is -1.34. The van der Waals surface area contributed by atoms with Crippen molar-refractivity contribution in [1.82, 2.24) is 5.32 Å². The van der Waals surface area contributed by atoms with Crippen molar-refractivity contribution in [2.45, 2.75) is 64.1 Å². The van der Waals surface area contributed by atoms with Crippen LogP contribution in [0.5, 0.6) is 0 Å². The largest absolute Gasteiger partial charge is 0.440 e. The van der Waals surface area contributed by atoms with Crippen LogP contribution in [0.1, 0.15) is 47.5 Å². The molecule has 0 aliphatic carbocycles. The molecule has 4 nitrogen and oxygen atoms in total. The van der Waals surface area contributed by atoms with Gasteiger partial charge in [-0.25, -0.2) is 4.79 Å². The van der Waals surface area contributed by atoms with Gasteiger partial charge in [-0.15, -0.1) is 0 Å². The minimum Gasteiger partial charge on any atom is -0.440 e. The van der Waals surface area contributed by atoms with Gasteiger partial charge in [-0.05, 0) is 34.6 Å². The number of hydrogen-bond donors (Lipinski definition) is 1. The van der Waals surface area contributed by atoms with E-state index in [1.165, 1.54) is 6.08 Å². The van der Waals surface area contributed by atoms with Gasteiger partial charge in [0.25, 0.3) is 0 Å². The molecule has 1 aliphatic rings. The van der Waals surface area contributed by atoms with Gasteiger partial charge in [0.2, 0.25) is 5.60 Å². The van der Waals surface area contributed by atoms with Crippen molar-refractivity contribution >= 4 is 5.97 Å². The van der Waals surface area contributed by atoms with E-state index in [1.54, 1.807) is 13.0 Å². The van der Waals surface area contributed by atoms with E-state index < -0.39 is 11.6 Å². The van der Waals surface area contributed by atoms with Gasteiger partial charge in [-0.1, -0.05) is 6.08 Å². The highest BCUT2D eigenvalue weighted by atomic mass is 16.6. The zero-order chi connectivity index (χ0) is 14.0. The molecule has 1 heterocycles. The monoisotopic (exact) mass is 250 g/mol. The predicted molar refractivity (Wildman–Crippen MR) is 69.8 cm³/mol. The van der Waals surface area contributed by atoms with Crippen molar-refractivity contribution in [2.24, 2.45) is 0 Å². The fourth-order valence-corrected chi connectivity index (χ4v) is 3.03. The summed E-state index contributed by atoms with van der Waals surface area (Å²) in [7, 11) is 0. The predicted octanol–water partition coefficient (Wildman–Crippen LogP) is 2.31. The molecule has 0 aromatic rings. The fraction of sp³-hybridized carbons (Fsp3) is 0.714. The Kier molecular flexibility index (Phi) is 3.87. The first-order valence-electron chi connectivity index (χ1n) is 6.20. The Labute approximate surface area is 109 Å². The molecule has 0 aromatic carbocycles. The summed E-state index contributed by atoms with van der Waals surface area (Å²) in [6, 6.07) is 2.20. The summed E-state index contributed by atoms with van der Waals surface area (Å²) in [4.78, 5) is 11.6. The molecule has 0 bridgehead atoms. The van der Waals surface area contributed by atoms with Crippen LogP contribution in [0.15, 0.2) is 12.2 Å². The molecule has 100 valence electrons. The molecule has 0 spiro atoms. The Morgan fingerprint density at radius 3 is 2.17 bits per heavy atom. The average Bonchev–Trinajstić information content (AvgIpc) is 2.12. The van der Waals surface area contributed by atoms with Crippen LogP contribution in [0.2, 0.25) is 0 Å². The number of allylic oxidation sites excluding steroid dienone is 1. The lowest BCUT2D eigenvalue weighted by Crippen LogP contribution is -2.64. The zero-order valence-electron chi connectivity index (χ0n) is 11.8. The first-order chi connectivity index (χ1) is 8.14. The topological polar surface area (TPSA) is 62.1 Å². The van der Waals surface area contributed by atoms with Gasteiger partial charge in [0.15, 0.2) is 0 Å². The number of esters is 1. The molecular weight excluding hydrogens is 228 g/mol. The molecular formula is C14H22N2O2. The molecule has 0 radical (unpaired) electrons. The first-order valence-corrected chi connectivity index (χ1v) is 6.20. The van der Waals surface area contributed by atoms with Crippen molar-refractivity contribution in [3.63, 3.8) is 0 Å². The lowest BCUT2D eigenvalue weighted by atomic mass is 9.73. The maximum absolute atomic E-state index is 11.6. The van der Waals surface area contributed by atoms with Crippen LogP contribution in [0.25, 0.3) is 0 Å². The van der Waals surface area contributed by atoms with Gasteiger partial charge in [-0.3, -0.25) is 0 Å². The third-order valence-electron chi connectivity index (χ3n) is 2.93. The summed E-state index contributed by atoms with van der Waals surface area (Å²) in [6.45, 7) is 9.82. The summed E-state index contributed by atoms with van der Waals surface area (Å²) in [5.74, 6) is -0.451. The number of ether oxygens (including phenoxy) is 1. The number of nitriles is 1. The normalized spacial score (nSPS) is 24.4. The quantitative estimate of drug-likeness (QED) is 0.603. The van der Waals surface area contributed by atoms with E-state index in [1.807, 2.05) is 27.7 Å². The van der Waals surface area contributed by atoms with Crippen molar-refractivity contribution in [3.05, 3.63) is 12.2 Å². The molecule has 0 unspecified atom stereocenters. The lowest BCUT2D eigenvalue weighted by molar-refractivity contribution is -0.155. The highest BCUT2D eigenvalue weighted by Crippen LogP contribution is 2.38. The summed E-state index contributed by atoms with van der Waals surface area (Å²) in [5.41, 5.74) is -1.53. The van der Waals surface area contributed by atoms with E-state index in [-0.39, 0.29) is 11.1 Å². The van der Waals surface area contributed by atoms with Crippen molar-refractivity contribution in [2.75, 3.05) is 0 Å². The van der Waals surface area contributed by atoms with Crippen LogP contribution in [-0.4, -0.2) is 22.6 Å². The van der Waals surface area contributed by atoms with Crippen LogP contribution in [0.3, 0.4) is 0 Å². The molecule has 1 saturated heterocycles. The van der Waals surface area contributed by atoms with Gasteiger partial charge in [-0.2, -0.15) is 5.26 Å². The van der Waals surface area contributed by atoms with E-state index in [4.69, 9.17) is 4.74 Å². The molecule has 0 amide bonds. The van der Waals surface area contributed by atoms with E-state index in [2.05, 4.69) is 11.4 Å². The smallest absolute Gasteiger partial charge is 0.332 e. The average molecular weight is 250 g/mol. The highest BCUT2D eigenvalue weighted by molar-refractivity contribution is 5.82. The Balaban J connectivity index is 3.00. The number of nitrogens with zero attached hydrogens (tertiary/aromatic N) is 1. The first kappa shape index (κ1) is 14.7. The number of piperidine rings is 1. The zero-order valence-corrected chi connectivity index (χ0v) is 11.8. The molecule has 0 atom stereocenters.